The van der Waals surface area contributed by atoms with E-state index in [1.165, 1.54) is 32.2 Å². The number of rotatable bonds is 3. The van der Waals surface area contributed by atoms with E-state index < -0.39 is 22.6 Å². The molecule has 146 valence electrons. The first-order valence-corrected chi connectivity index (χ1v) is 8.81. The van der Waals surface area contributed by atoms with E-state index in [0.29, 0.717) is 5.56 Å². The van der Waals surface area contributed by atoms with Gasteiger partial charge in [0.25, 0.3) is 11.5 Å². The molecule has 28 heavy (non-hydrogen) atoms. The number of nitrogens with zero attached hydrogens (tertiary/aromatic N) is 3. The average molecular weight is 426 g/mol. The Morgan fingerprint density at radius 1 is 1.36 bits per heavy atom. The van der Waals surface area contributed by atoms with Crippen LogP contribution >= 0.6 is 23.4 Å². The number of benzene rings is 1. The predicted octanol–water partition coefficient (Wildman–Crippen LogP) is 1.83. The van der Waals surface area contributed by atoms with Crippen molar-refractivity contribution in [2.45, 2.75) is 19.6 Å². The maximum atomic E-state index is 12.0. The fourth-order valence-electron chi connectivity index (χ4n) is 2.15. The number of hydrazone groups is 2. The number of carbonyl (C=O) groups is 2. The third kappa shape index (κ3) is 4.23. The van der Waals surface area contributed by atoms with Crippen molar-refractivity contribution in [3.63, 3.8) is 0 Å². The molecule has 0 spiro atoms. The lowest BCUT2D eigenvalue weighted by Gasteiger charge is -2.30. The van der Waals surface area contributed by atoms with E-state index in [-0.39, 0.29) is 26.5 Å². The van der Waals surface area contributed by atoms with Gasteiger partial charge in [0, 0.05) is 25.5 Å². The first-order valence-electron chi connectivity index (χ1n) is 7.62. The Morgan fingerprint density at radius 2 is 2.04 bits per heavy atom. The smallest absolute Gasteiger partial charge is 0.351 e. The van der Waals surface area contributed by atoms with Gasteiger partial charge in [-0.2, -0.15) is 5.10 Å². The second kappa shape index (κ2) is 7.48. The summed E-state index contributed by atoms with van der Waals surface area (Å²) in [5.74, 6) is -3.00. The summed E-state index contributed by atoms with van der Waals surface area (Å²) >= 11 is 6.68. The highest BCUT2D eigenvalue weighted by Gasteiger charge is 2.42. The first-order chi connectivity index (χ1) is 13.2. The summed E-state index contributed by atoms with van der Waals surface area (Å²) in [5, 5.41) is 19.1. The summed E-state index contributed by atoms with van der Waals surface area (Å²) in [5.41, 5.74) is 5.00. The Balaban J connectivity index is 1.66. The van der Waals surface area contributed by atoms with Crippen LogP contribution in [0.2, 0.25) is 5.02 Å². The number of hydrogen-bond acceptors (Lipinski definition) is 11. The van der Waals surface area contributed by atoms with E-state index in [1.807, 2.05) is 0 Å². The van der Waals surface area contributed by atoms with E-state index in [2.05, 4.69) is 21.1 Å². The number of thioether (sulfide) groups is 1. The minimum absolute atomic E-state index is 0.0146. The highest BCUT2D eigenvalue weighted by molar-refractivity contribution is 8.17. The minimum atomic E-state index is -1.34. The van der Waals surface area contributed by atoms with Crippen molar-refractivity contribution in [1.82, 2.24) is 10.9 Å². The van der Waals surface area contributed by atoms with Crippen LogP contribution in [0.3, 0.4) is 0 Å². The summed E-state index contributed by atoms with van der Waals surface area (Å²) in [6.45, 7) is 2.89. The van der Waals surface area contributed by atoms with Gasteiger partial charge in [0.1, 0.15) is 10.1 Å². The zero-order valence-corrected chi connectivity index (χ0v) is 16.0. The summed E-state index contributed by atoms with van der Waals surface area (Å²) in [6.07, 6.45) is 1.32. The number of esters is 2. The van der Waals surface area contributed by atoms with Crippen LogP contribution in [-0.2, 0) is 19.1 Å². The van der Waals surface area contributed by atoms with Crippen LogP contribution in [0.1, 0.15) is 19.4 Å². The van der Waals surface area contributed by atoms with Crippen molar-refractivity contribution in [2.75, 3.05) is 0 Å². The largest absolute Gasteiger partial charge is 0.419 e. The highest BCUT2D eigenvalue weighted by Crippen LogP contribution is 2.30. The summed E-state index contributed by atoms with van der Waals surface area (Å²) in [7, 11) is 0. The molecule has 0 atom stereocenters. The molecule has 0 unspecified atom stereocenters. The van der Waals surface area contributed by atoms with E-state index in [1.54, 1.807) is 6.07 Å². The molecule has 11 nitrogen and oxygen atoms in total. The second-order valence-corrected chi connectivity index (χ2v) is 7.26. The lowest BCUT2D eigenvalue weighted by molar-refractivity contribution is -0.384. The van der Waals surface area contributed by atoms with Gasteiger partial charge < -0.3 is 9.47 Å². The molecule has 2 aliphatic heterocycles. The summed E-state index contributed by atoms with van der Waals surface area (Å²) in [4.78, 5) is 34.3. The van der Waals surface area contributed by atoms with Crippen LogP contribution in [0.25, 0.3) is 0 Å². The van der Waals surface area contributed by atoms with Crippen LogP contribution in [0.4, 0.5) is 5.69 Å². The molecule has 1 aromatic rings. The topological polar surface area (TPSA) is 145 Å². The zero-order valence-electron chi connectivity index (χ0n) is 14.4. The van der Waals surface area contributed by atoms with Gasteiger partial charge in [-0.15, -0.1) is 5.10 Å². The van der Waals surface area contributed by atoms with Crippen LogP contribution in [0.5, 0.6) is 0 Å². The lowest BCUT2D eigenvalue weighted by atomic mass is 10.2. The molecule has 1 aromatic carbocycles. The molecular formula is C15H12ClN5O6S. The predicted molar refractivity (Wildman–Crippen MR) is 100 cm³/mol. The summed E-state index contributed by atoms with van der Waals surface area (Å²) < 4.78 is 10.0. The van der Waals surface area contributed by atoms with Crippen LogP contribution in [0, 0.1) is 10.1 Å². The molecule has 1 fully saturated rings. The molecule has 1 saturated heterocycles. The highest BCUT2D eigenvalue weighted by atomic mass is 35.5. The number of halogens is 1. The van der Waals surface area contributed by atoms with E-state index in [0.717, 1.165) is 11.8 Å². The molecule has 2 N–H and O–H groups in total. The molecule has 3 rings (SSSR count). The SMILES string of the molecule is CC1(C)OC(=O)C(=C2NN=C(N/N=C/c3ccc(Cl)c([N+](=O)[O-])c3)S2)C(=O)O1. The van der Waals surface area contributed by atoms with Crippen molar-refractivity contribution < 1.29 is 24.0 Å². The van der Waals surface area contributed by atoms with Gasteiger partial charge in [0.15, 0.2) is 5.57 Å². The van der Waals surface area contributed by atoms with Gasteiger partial charge in [-0.1, -0.05) is 17.7 Å². The van der Waals surface area contributed by atoms with Gasteiger partial charge in [0.05, 0.1) is 11.1 Å². The first kappa shape index (κ1) is 19.6. The van der Waals surface area contributed by atoms with Gasteiger partial charge in [-0.3, -0.25) is 21.0 Å². The van der Waals surface area contributed by atoms with E-state index >= 15 is 0 Å². The number of carbonyl (C=O) groups excluding carboxylic acids is 2. The molecular weight excluding hydrogens is 414 g/mol. The molecule has 0 saturated carbocycles. The van der Waals surface area contributed by atoms with Gasteiger partial charge in [-0.05, 0) is 17.8 Å². The Bertz CT molecular complexity index is 952. The van der Waals surface area contributed by atoms with Crippen LogP contribution in [-0.4, -0.2) is 34.0 Å². The van der Waals surface area contributed by atoms with Gasteiger partial charge >= 0.3 is 11.9 Å². The minimum Gasteiger partial charge on any atom is -0.419 e. The lowest BCUT2D eigenvalue weighted by Crippen LogP contribution is -2.42. The quantitative estimate of drug-likeness (QED) is 0.185. The van der Waals surface area contributed by atoms with Crippen molar-refractivity contribution in [2.24, 2.45) is 10.2 Å². The van der Waals surface area contributed by atoms with E-state index in [4.69, 9.17) is 21.1 Å². The van der Waals surface area contributed by atoms with Gasteiger partial charge in [-0.25, -0.2) is 9.59 Å². The molecule has 13 heteroatoms. The van der Waals surface area contributed by atoms with Crippen molar-refractivity contribution in [3.8, 4) is 0 Å². The number of hydrogen-bond donors (Lipinski definition) is 2. The number of ether oxygens (including phenoxy) is 2. The normalized spacial score (nSPS) is 18.5. The summed E-state index contributed by atoms with van der Waals surface area (Å²) in [6, 6.07) is 4.19. The third-order valence-corrected chi connectivity index (χ3v) is 4.51. The molecule has 2 aliphatic rings. The Morgan fingerprint density at radius 3 is 2.68 bits per heavy atom. The standard InChI is InChI=1S/C15H12ClN5O6S/c1-15(2)26-12(22)10(13(23)27-15)11-18-20-14(28-11)19-17-6-7-3-4-8(16)9(5-7)21(24)25/h3-6,18H,1-2H3,(H,19,20)/b17-6+. The maximum Gasteiger partial charge on any atom is 0.351 e. The van der Waals surface area contributed by atoms with E-state index in [9.17, 15) is 19.7 Å². The number of nitro groups is 1. The van der Waals surface area contributed by atoms with Gasteiger partial charge in [0.2, 0.25) is 5.17 Å². The van der Waals surface area contributed by atoms with Crippen LogP contribution in [0.15, 0.2) is 39.0 Å². The second-order valence-electron chi connectivity index (χ2n) is 5.85. The van der Waals surface area contributed by atoms with Crippen molar-refractivity contribution in [1.29, 1.82) is 0 Å². The number of nitro benzene ring substituents is 1. The molecule has 2 heterocycles. The molecule has 0 aliphatic carbocycles. The Hall–Kier alpha value is -3.12. The molecule has 0 radical (unpaired) electrons. The number of nitrogens with one attached hydrogen (secondary N) is 2. The third-order valence-electron chi connectivity index (χ3n) is 3.31. The fourth-order valence-corrected chi connectivity index (χ4v) is 3.08. The maximum absolute atomic E-state index is 12.0. The molecule has 0 bridgehead atoms. The fraction of sp³-hybridized carbons (Fsp3) is 0.200. The van der Waals surface area contributed by atoms with Crippen LogP contribution < -0.4 is 10.9 Å². The molecule has 0 aromatic heterocycles. The average Bonchev–Trinajstić information content (AvgIpc) is 3.02. The Kier molecular flexibility index (Phi) is 5.25. The van der Waals surface area contributed by atoms with Crippen molar-refractivity contribution in [3.05, 3.63) is 49.5 Å². The monoisotopic (exact) mass is 425 g/mol. The number of cyclic esters (lactones) is 2. The molecule has 0 amide bonds. The Labute approximate surface area is 166 Å². The zero-order chi connectivity index (χ0) is 20.5. The van der Waals surface area contributed by atoms with Crippen molar-refractivity contribution >= 4 is 52.4 Å². The number of amidine groups is 1.